The van der Waals surface area contributed by atoms with Crippen molar-refractivity contribution < 1.29 is 4.52 Å². The summed E-state index contributed by atoms with van der Waals surface area (Å²) in [7, 11) is 0. The third-order valence-corrected chi connectivity index (χ3v) is 3.87. The van der Waals surface area contributed by atoms with Crippen LogP contribution in [0.25, 0.3) is 0 Å². The highest BCUT2D eigenvalue weighted by atomic mass is 32.1. The molecule has 0 fully saturated rings. The predicted octanol–water partition coefficient (Wildman–Crippen LogP) is 3.08. The quantitative estimate of drug-likeness (QED) is 0.918. The summed E-state index contributed by atoms with van der Waals surface area (Å²) in [6.45, 7) is 6.71. The lowest BCUT2D eigenvalue weighted by molar-refractivity contribution is 0.390. The minimum absolute atomic E-state index is 0.184. The van der Waals surface area contributed by atoms with Crippen LogP contribution in [0.4, 0.5) is 0 Å². The molecule has 2 aromatic heterocycles. The van der Waals surface area contributed by atoms with E-state index >= 15 is 0 Å². The molecule has 5 heteroatoms. The summed E-state index contributed by atoms with van der Waals surface area (Å²) in [5, 5.41) is 16.1. The maximum atomic E-state index is 8.77. The lowest BCUT2D eigenvalue weighted by Crippen LogP contribution is -2.18. The highest BCUT2D eigenvalue weighted by molar-refractivity contribution is 7.12. The number of thiophene rings is 1. The summed E-state index contributed by atoms with van der Waals surface area (Å²) in [5.41, 5.74) is 2.04. The Kier molecular flexibility index (Phi) is 3.80. The highest BCUT2D eigenvalue weighted by Crippen LogP contribution is 2.22. The van der Waals surface area contributed by atoms with Gasteiger partial charge in [-0.3, -0.25) is 0 Å². The number of nitriles is 1. The fourth-order valence-electron chi connectivity index (χ4n) is 2.00. The maximum Gasteiger partial charge on any atom is 0.138 e. The van der Waals surface area contributed by atoms with E-state index in [1.54, 1.807) is 0 Å². The highest BCUT2D eigenvalue weighted by Gasteiger charge is 2.15. The number of aryl methyl sites for hydroxylation is 2. The van der Waals surface area contributed by atoms with Crippen LogP contribution >= 0.6 is 11.3 Å². The van der Waals surface area contributed by atoms with Crippen LogP contribution in [0.15, 0.2) is 16.7 Å². The van der Waals surface area contributed by atoms with E-state index in [4.69, 9.17) is 9.78 Å². The zero-order valence-electron chi connectivity index (χ0n) is 10.7. The second-order valence-electron chi connectivity index (χ2n) is 4.22. The van der Waals surface area contributed by atoms with Gasteiger partial charge in [-0.05, 0) is 32.9 Å². The molecule has 1 N–H and O–H groups in total. The molecule has 94 valence electrons. The van der Waals surface area contributed by atoms with E-state index in [0.717, 1.165) is 33.3 Å². The van der Waals surface area contributed by atoms with Crippen LogP contribution in [0, 0.1) is 25.2 Å². The molecule has 0 radical (unpaired) electrons. The van der Waals surface area contributed by atoms with Crippen LogP contribution in [0.5, 0.6) is 0 Å². The van der Waals surface area contributed by atoms with E-state index in [9.17, 15) is 0 Å². The van der Waals surface area contributed by atoms with Crippen LogP contribution in [0.3, 0.4) is 0 Å². The summed E-state index contributed by atoms with van der Waals surface area (Å²) in [5.74, 6) is 0.858. The SMILES string of the molecule is Cc1noc(C)c1C(C)NCc1ccc(C#N)s1. The molecule has 0 aliphatic carbocycles. The molecule has 1 unspecified atom stereocenters. The summed E-state index contributed by atoms with van der Waals surface area (Å²) in [6.07, 6.45) is 0. The van der Waals surface area contributed by atoms with Crippen molar-refractivity contribution in [3.05, 3.63) is 38.9 Å². The van der Waals surface area contributed by atoms with Gasteiger partial charge in [-0.25, -0.2) is 0 Å². The normalized spacial score (nSPS) is 12.3. The molecule has 1 atom stereocenters. The Morgan fingerprint density at radius 2 is 2.28 bits per heavy atom. The fraction of sp³-hybridized carbons (Fsp3) is 0.385. The van der Waals surface area contributed by atoms with Crippen molar-refractivity contribution in [1.82, 2.24) is 10.5 Å². The third-order valence-electron chi connectivity index (χ3n) is 2.88. The van der Waals surface area contributed by atoms with Crippen molar-refractivity contribution in [2.24, 2.45) is 0 Å². The van der Waals surface area contributed by atoms with Crippen LogP contribution in [-0.2, 0) is 6.54 Å². The van der Waals surface area contributed by atoms with Gasteiger partial charge in [0, 0.05) is 23.0 Å². The van der Waals surface area contributed by atoms with Crippen molar-refractivity contribution in [3.63, 3.8) is 0 Å². The van der Waals surface area contributed by atoms with Crippen LogP contribution in [0.1, 0.15) is 39.7 Å². The first kappa shape index (κ1) is 12.8. The topological polar surface area (TPSA) is 61.9 Å². The second-order valence-corrected chi connectivity index (χ2v) is 5.39. The molecule has 0 amide bonds. The van der Waals surface area contributed by atoms with Gasteiger partial charge in [-0.1, -0.05) is 5.16 Å². The van der Waals surface area contributed by atoms with E-state index in [-0.39, 0.29) is 6.04 Å². The van der Waals surface area contributed by atoms with E-state index in [2.05, 4.69) is 23.5 Å². The average molecular weight is 261 g/mol. The van der Waals surface area contributed by atoms with Gasteiger partial charge in [0.25, 0.3) is 0 Å². The number of nitrogens with one attached hydrogen (secondary N) is 1. The summed E-state index contributed by atoms with van der Waals surface area (Å²) in [4.78, 5) is 1.90. The van der Waals surface area contributed by atoms with E-state index in [1.807, 2.05) is 26.0 Å². The lowest BCUT2D eigenvalue weighted by Gasteiger charge is -2.12. The van der Waals surface area contributed by atoms with Crippen molar-refractivity contribution >= 4 is 11.3 Å². The molecule has 0 aliphatic heterocycles. The monoisotopic (exact) mass is 261 g/mol. The Labute approximate surface area is 110 Å². The molecule has 0 saturated carbocycles. The predicted molar refractivity (Wildman–Crippen MR) is 70.3 cm³/mol. The summed E-state index contributed by atoms with van der Waals surface area (Å²) >= 11 is 1.52. The van der Waals surface area contributed by atoms with Crippen molar-refractivity contribution in [2.75, 3.05) is 0 Å². The molecule has 4 nitrogen and oxygen atoms in total. The summed E-state index contributed by atoms with van der Waals surface area (Å²) < 4.78 is 5.16. The number of hydrogen-bond acceptors (Lipinski definition) is 5. The number of rotatable bonds is 4. The summed E-state index contributed by atoms with van der Waals surface area (Å²) in [6, 6.07) is 6.16. The Morgan fingerprint density at radius 1 is 1.50 bits per heavy atom. The first-order chi connectivity index (χ1) is 8.61. The smallest absolute Gasteiger partial charge is 0.138 e. The molecule has 18 heavy (non-hydrogen) atoms. The molecule has 0 aromatic carbocycles. The Bertz CT molecular complexity index is 560. The number of hydrogen-bond donors (Lipinski definition) is 1. The van der Waals surface area contributed by atoms with E-state index < -0.39 is 0 Å². The standard InChI is InChI=1S/C13H15N3OS/c1-8(13-9(2)16-17-10(13)3)15-7-12-5-4-11(6-14)18-12/h4-5,8,15H,7H2,1-3H3. The first-order valence-electron chi connectivity index (χ1n) is 5.76. The van der Waals surface area contributed by atoms with Crippen LogP contribution in [-0.4, -0.2) is 5.16 Å². The van der Waals surface area contributed by atoms with Gasteiger partial charge in [0.2, 0.25) is 0 Å². The molecule has 2 heterocycles. The largest absolute Gasteiger partial charge is 0.361 e. The number of nitrogens with zero attached hydrogens (tertiary/aromatic N) is 2. The lowest BCUT2D eigenvalue weighted by atomic mass is 10.1. The van der Waals surface area contributed by atoms with Gasteiger partial charge >= 0.3 is 0 Å². The molecular weight excluding hydrogens is 246 g/mol. The van der Waals surface area contributed by atoms with Gasteiger partial charge in [0.1, 0.15) is 16.7 Å². The van der Waals surface area contributed by atoms with E-state index in [1.165, 1.54) is 11.3 Å². The average Bonchev–Trinajstić information content (AvgIpc) is 2.93. The Morgan fingerprint density at radius 3 is 2.83 bits per heavy atom. The fourth-order valence-corrected chi connectivity index (χ4v) is 2.75. The van der Waals surface area contributed by atoms with Crippen LogP contribution < -0.4 is 5.32 Å². The van der Waals surface area contributed by atoms with Crippen molar-refractivity contribution in [3.8, 4) is 6.07 Å². The zero-order valence-corrected chi connectivity index (χ0v) is 11.5. The molecule has 2 aromatic rings. The maximum absolute atomic E-state index is 8.77. The minimum atomic E-state index is 0.184. The molecule has 2 rings (SSSR count). The molecule has 0 saturated heterocycles. The molecular formula is C13H15N3OS. The molecule has 0 spiro atoms. The Hall–Kier alpha value is -1.64. The molecule has 0 bridgehead atoms. The molecule has 0 aliphatic rings. The van der Waals surface area contributed by atoms with Gasteiger partial charge in [-0.2, -0.15) is 5.26 Å². The van der Waals surface area contributed by atoms with Gasteiger partial charge in [-0.15, -0.1) is 11.3 Å². The number of aromatic nitrogens is 1. The van der Waals surface area contributed by atoms with Crippen molar-refractivity contribution in [1.29, 1.82) is 5.26 Å². The second kappa shape index (κ2) is 5.34. The Balaban J connectivity index is 2.00. The van der Waals surface area contributed by atoms with Crippen molar-refractivity contribution in [2.45, 2.75) is 33.4 Å². The van der Waals surface area contributed by atoms with Gasteiger partial charge < -0.3 is 9.84 Å². The van der Waals surface area contributed by atoms with E-state index in [0.29, 0.717) is 0 Å². The third kappa shape index (κ3) is 2.61. The minimum Gasteiger partial charge on any atom is -0.361 e. The van der Waals surface area contributed by atoms with Gasteiger partial charge in [0.15, 0.2) is 0 Å². The zero-order chi connectivity index (χ0) is 13.1. The van der Waals surface area contributed by atoms with Gasteiger partial charge in [0.05, 0.1) is 5.69 Å². The first-order valence-corrected chi connectivity index (χ1v) is 6.58. The van der Waals surface area contributed by atoms with Crippen LogP contribution in [0.2, 0.25) is 0 Å².